The van der Waals surface area contributed by atoms with Crippen molar-refractivity contribution in [1.82, 2.24) is 0 Å². The predicted molar refractivity (Wildman–Crippen MR) is 43.5 cm³/mol. The van der Waals surface area contributed by atoms with E-state index in [2.05, 4.69) is 0 Å². The van der Waals surface area contributed by atoms with Crippen LogP contribution in [0.2, 0.25) is 0 Å². The zero-order valence-electron chi connectivity index (χ0n) is 4.90. The standard InChI is InChI=1S/C4H6N2O2S.ClH/c5-4(6)9-2-1-3(7)8;/h1-2H,(H3,5,6)(H,7,8);1H/b2-1-;. The average molecular weight is 183 g/mol. The molecule has 6 heteroatoms. The SMILES string of the molecule is Cl.N=C(N)S/C=C\C(=O)O. The number of nitrogens with two attached hydrogens (primary N) is 1. The highest BCUT2D eigenvalue weighted by atomic mass is 35.5. The summed E-state index contributed by atoms with van der Waals surface area (Å²) < 4.78 is 0. The number of rotatable bonds is 2. The summed E-state index contributed by atoms with van der Waals surface area (Å²) in [5, 5.41) is 15.8. The Morgan fingerprint density at radius 2 is 2.20 bits per heavy atom. The molecule has 0 amide bonds. The molecule has 0 saturated heterocycles. The molecular formula is C4H7ClN2O2S. The molecule has 0 aromatic rings. The number of amidine groups is 1. The van der Waals surface area contributed by atoms with Crippen molar-refractivity contribution >= 4 is 35.3 Å². The molecule has 0 rings (SSSR count). The maximum absolute atomic E-state index is 9.77. The summed E-state index contributed by atoms with van der Waals surface area (Å²) in [5.74, 6) is -1.04. The second kappa shape index (κ2) is 6.44. The van der Waals surface area contributed by atoms with E-state index in [1.54, 1.807) is 0 Å². The first kappa shape index (κ1) is 12.0. The lowest BCUT2D eigenvalue weighted by Crippen LogP contribution is -2.01. The van der Waals surface area contributed by atoms with Gasteiger partial charge < -0.3 is 10.8 Å². The molecule has 0 saturated carbocycles. The molecular weight excluding hydrogens is 176 g/mol. The first-order chi connectivity index (χ1) is 4.13. The Labute approximate surface area is 68.4 Å². The maximum atomic E-state index is 9.77. The first-order valence-corrected chi connectivity index (χ1v) is 2.91. The minimum Gasteiger partial charge on any atom is -0.478 e. The molecule has 0 radical (unpaired) electrons. The zero-order valence-corrected chi connectivity index (χ0v) is 6.54. The van der Waals surface area contributed by atoms with E-state index in [0.29, 0.717) is 0 Å². The fraction of sp³-hybridized carbons (Fsp3) is 0. The molecule has 0 aliphatic rings. The number of aliphatic carboxylic acids is 1. The predicted octanol–water partition coefficient (Wildman–Crippen LogP) is 0.633. The first-order valence-electron chi connectivity index (χ1n) is 2.03. The molecule has 0 heterocycles. The van der Waals surface area contributed by atoms with Gasteiger partial charge in [0.2, 0.25) is 0 Å². The quantitative estimate of drug-likeness (QED) is 0.332. The molecule has 0 unspecified atom stereocenters. The van der Waals surface area contributed by atoms with Crippen LogP contribution in [-0.4, -0.2) is 16.2 Å². The third-order valence-corrected chi connectivity index (χ3v) is 0.932. The Kier molecular flexibility index (Phi) is 7.75. The minimum absolute atomic E-state index is 0. The van der Waals surface area contributed by atoms with E-state index in [0.717, 1.165) is 17.8 Å². The third kappa shape index (κ3) is 10.3. The van der Waals surface area contributed by atoms with Crippen molar-refractivity contribution in [3.63, 3.8) is 0 Å². The van der Waals surface area contributed by atoms with E-state index in [1.807, 2.05) is 0 Å². The van der Waals surface area contributed by atoms with Crippen molar-refractivity contribution in [3.05, 3.63) is 11.5 Å². The maximum Gasteiger partial charge on any atom is 0.328 e. The molecule has 4 N–H and O–H groups in total. The van der Waals surface area contributed by atoms with Crippen LogP contribution >= 0.6 is 24.2 Å². The van der Waals surface area contributed by atoms with Crippen LogP contribution in [0.3, 0.4) is 0 Å². The Balaban J connectivity index is 0. The number of halogens is 1. The van der Waals surface area contributed by atoms with E-state index < -0.39 is 5.97 Å². The second-order valence-electron chi connectivity index (χ2n) is 1.12. The molecule has 58 valence electrons. The summed E-state index contributed by atoms with van der Waals surface area (Å²) in [5.41, 5.74) is 4.88. The topological polar surface area (TPSA) is 87.2 Å². The summed E-state index contributed by atoms with van der Waals surface area (Å²) >= 11 is 0.859. The van der Waals surface area contributed by atoms with Crippen molar-refractivity contribution in [2.45, 2.75) is 0 Å². The van der Waals surface area contributed by atoms with Gasteiger partial charge >= 0.3 is 5.97 Å². The van der Waals surface area contributed by atoms with E-state index in [9.17, 15) is 4.79 Å². The molecule has 0 spiro atoms. The van der Waals surface area contributed by atoms with Crippen LogP contribution in [0, 0.1) is 5.41 Å². The van der Waals surface area contributed by atoms with Crippen LogP contribution in [0.5, 0.6) is 0 Å². The minimum atomic E-state index is -1.04. The fourth-order valence-electron chi connectivity index (χ4n) is 0.166. The number of hydrogen-bond acceptors (Lipinski definition) is 3. The van der Waals surface area contributed by atoms with Gasteiger partial charge in [-0.2, -0.15) is 0 Å². The number of carboxylic acid groups (broad SMARTS) is 1. The smallest absolute Gasteiger partial charge is 0.328 e. The Morgan fingerprint density at radius 1 is 1.70 bits per heavy atom. The monoisotopic (exact) mass is 182 g/mol. The molecule has 4 nitrogen and oxygen atoms in total. The van der Waals surface area contributed by atoms with Crippen molar-refractivity contribution in [2.75, 3.05) is 0 Å². The van der Waals surface area contributed by atoms with Gasteiger partial charge in [-0.15, -0.1) is 12.4 Å². The van der Waals surface area contributed by atoms with Gasteiger partial charge in [0.05, 0.1) is 0 Å². The van der Waals surface area contributed by atoms with Gasteiger partial charge in [0.25, 0.3) is 0 Å². The largest absolute Gasteiger partial charge is 0.478 e. The van der Waals surface area contributed by atoms with Crippen LogP contribution < -0.4 is 5.73 Å². The van der Waals surface area contributed by atoms with Crippen molar-refractivity contribution in [1.29, 1.82) is 5.41 Å². The van der Waals surface area contributed by atoms with Crippen LogP contribution in [0.4, 0.5) is 0 Å². The summed E-state index contributed by atoms with van der Waals surface area (Å²) in [7, 11) is 0. The lowest BCUT2D eigenvalue weighted by molar-refractivity contribution is -0.131. The molecule has 10 heavy (non-hydrogen) atoms. The van der Waals surface area contributed by atoms with Crippen LogP contribution in [0.1, 0.15) is 0 Å². The number of hydrogen-bond donors (Lipinski definition) is 3. The average Bonchev–Trinajstić information content (AvgIpc) is 1.63. The lowest BCUT2D eigenvalue weighted by atomic mass is 10.7. The lowest BCUT2D eigenvalue weighted by Gasteiger charge is -1.84. The number of nitrogens with one attached hydrogen (secondary N) is 1. The van der Waals surface area contributed by atoms with E-state index in [1.165, 1.54) is 5.41 Å². The highest BCUT2D eigenvalue weighted by Gasteiger charge is 1.85. The van der Waals surface area contributed by atoms with Crippen LogP contribution in [0.25, 0.3) is 0 Å². The molecule has 0 bridgehead atoms. The fourth-order valence-corrected chi connectivity index (χ4v) is 0.497. The Morgan fingerprint density at radius 3 is 2.50 bits per heavy atom. The highest BCUT2D eigenvalue weighted by Crippen LogP contribution is 1.97. The second-order valence-corrected chi connectivity index (χ2v) is 2.07. The van der Waals surface area contributed by atoms with E-state index in [4.69, 9.17) is 16.2 Å². The van der Waals surface area contributed by atoms with Crippen molar-refractivity contribution in [2.24, 2.45) is 5.73 Å². The van der Waals surface area contributed by atoms with Gasteiger partial charge in [-0.25, -0.2) is 4.79 Å². The third-order valence-electron chi connectivity index (χ3n) is 0.406. The Hall–Kier alpha value is -0.680. The van der Waals surface area contributed by atoms with Crippen LogP contribution in [-0.2, 0) is 4.79 Å². The van der Waals surface area contributed by atoms with Crippen molar-refractivity contribution < 1.29 is 9.90 Å². The normalized spacial score (nSPS) is 8.80. The summed E-state index contributed by atoms with van der Waals surface area (Å²) in [4.78, 5) is 9.77. The highest BCUT2D eigenvalue weighted by molar-refractivity contribution is 8.16. The molecule has 0 aromatic heterocycles. The molecule has 0 aliphatic heterocycles. The molecule has 0 aromatic carbocycles. The molecule has 0 fully saturated rings. The summed E-state index contributed by atoms with van der Waals surface area (Å²) in [6.07, 6.45) is 0.923. The van der Waals surface area contributed by atoms with Crippen molar-refractivity contribution in [3.8, 4) is 0 Å². The Bertz CT molecular complexity index is 159. The summed E-state index contributed by atoms with van der Waals surface area (Å²) in [6, 6.07) is 0. The number of thioether (sulfide) groups is 1. The summed E-state index contributed by atoms with van der Waals surface area (Å²) in [6.45, 7) is 0. The number of carbonyl (C=O) groups is 1. The van der Waals surface area contributed by atoms with Gasteiger partial charge in [0.15, 0.2) is 5.17 Å². The van der Waals surface area contributed by atoms with Gasteiger partial charge in [-0.05, 0) is 5.41 Å². The van der Waals surface area contributed by atoms with Gasteiger partial charge in [0, 0.05) is 6.08 Å². The molecule has 0 atom stereocenters. The van der Waals surface area contributed by atoms with Crippen LogP contribution in [0.15, 0.2) is 11.5 Å². The number of carboxylic acids is 1. The zero-order chi connectivity index (χ0) is 7.28. The molecule has 0 aliphatic carbocycles. The van der Waals surface area contributed by atoms with E-state index >= 15 is 0 Å². The van der Waals surface area contributed by atoms with Gasteiger partial charge in [-0.3, -0.25) is 5.41 Å². The van der Waals surface area contributed by atoms with Gasteiger partial charge in [0.1, 0.15) is 0 Å². The van der Waals surface area contributed by atoms with Gasteiger partial charge in [-0.1, -0.05) is 11.8 Å². The van der Waals surface area contributed by atoms with E-state index in [-0.39, 0.29) is 17.6 Å².